The first kappa shape index (κ1) is 12.8. The van der Waals surface area contributed by atoms with E-state index in [1.807, 2.05) is 37.3 Å². The molecular formula is C16H14N4O2. The predicted octanol–water partition coefficient (Wildman–Crippen LogP) is 2.68. The SMILES string of the molecule is CC1CC(=O)NN=C1c1ccc2[nH]c(-c3ccco3)nc2c1. The Morgan fingerprint density at radius 2 is 2.23 bits per heavy atom. The maximum absolute atomic E-state index is 11.4. The van der Waals surface area contributed by atoms with Gasteiger partial charge in [0.1, 0.15) is 0 Å². The Morgan fingerprint density at radius 1 is 1.32 bits per heavy atom. The van der Waals surface area contributed by atoms with E-state index in [9.17, 15) is 4.79 Å². The van der Waals surface area contributed by atoms with E-state index in [-0.39, 0.29) is 11.8 Å². The second kappa shape index (κ2) is 4.84. The Bertz CT molecular complexity index is 877. The molecule has 6 nitrogen and oxygen atoms in total. The van der Waals surface area contributed by atoms with Crippen LogP contribution in [-0.4, -0.2) is 21.6 Å². The first-order valence-electron chi connectivity index (χ1n) is 7.11. The molecule has 110 valence electrons. The van der Waals surface area contributed by atoms with Crippen LogP contribution < -0.4 is 5.43 Å². The van der Waals surface area contributed by atoms with Crippen molar-refractivity contribution in [1.82, 2.24) is 15.4 Å². The smallest absolute Gasteiger partial charge is 0.240 e. The summed E-state index contributed by atoms with van der Waals surface area (Å²) in [6.45, 7) is 2.00. The number of fused-ring (bicyclic) bond motifs is 1. The second-order valence-corrected chi connectivity index (χ2v) is 5.43. The number of aromatic amines is 1. The van der Waals surface area contributed by atoms with Crippen LogP contribution in [0.3, 0.4) is 0 Å². The first-order valence-corrected chi connectivity index (χ1v) is 7.11. The van der Waals surface area contributed by atoms with Gasteiger partial charge in [0.2, 0.25) is 5.91 Å². The summed E-state index contributed by atoms with van der Waals surface area (Å²) in [6.07, 6.45) is 2.07. The lowest BCUT2D eigenvalue weighted by Gasteiger charge is -2.18. The van der Waals surface area contributed by atoms with Crippen molar-refractivity contribution >= 4 is 22.7 Å². The lowest BCUT2D eigenvalue weighted by molar-refractivity contribution is -0.121. The van der Waals surface area contributed by atoms with Crippen LogP contribution in [0.2, 0.25) is 0 Å². The molecule has 1 aliphatic heterocycles. The number of H-pyrrole nitrogens is 1. The minimum atomic E-state index is -0.0443. The minimum absolute atomic E-state index is 0.0443. The Morgan fingerprint density at radius 3 is 3.00 bits per heavy atom. The number of aromatic nitrogens is 2. The van der Waals surface area contributed by atoms with Gasteiger partial charge in [0.15, 0.2) is 11.6 Å². The van der Waals surface area contributed by atoms with Gasteiger partial charge in [-0.2, -0.15) is 5.10 Å². The molecule has 1 amide bonds. The van der Waals surface area contributed by atoms with Gasteiger partial charge < -0.3 is 9.40 Å². The van der Waals surface area contributed by atoms with Crippen molar-refractivity contribution in [2.45, 2.75) is 13.3 Å². The summed E-state index contributed by atoms with van der Waals surface area (Å²) in [6, 6.07) is 9.62. The zero-order valence-electron chi connectivity index (χ0n) is 12.0. The number of amides is 1. The van der Waals surface area contributed by atoms with Gasteiger partial charge in [0, 0.05) is 17.9 Å². The summed E-state index contributed by atoms with van der Waals surface area (Å²) in [7, 11) is 0. The van der Waals surface area contributed by atoms with Gasteiger partial charge in [0.05, 0.1) is 23.0 Å². The van der Waals surface area contributed by atoms with Crippen LogP contribution in [0.1, 0.15) is 18.9 Å². The molecule has 2 aromatic heterocycles. The maximum Gasteiger partial charge on any atom is 0.240 e. The Balaban J connectivity index is 1.76. The number of rotatable bonds is 2. The molecule has 0 saturated heterocycles. The Labute approximate surface area is 126 Å². The molecule has 1 unspecified atom stereocenters. The van der Waals surface area contributed by atoms with Gasteiger partial charge in [-0.25, -0.2) is 10.4 Å². The topological polar surface area (TPSA) is 83.3 Å². The van der Waals surface area contributed by atoms with Crippen LogP contribution in [0.4, 0.5) is 0 Å². The van der Waals surface area contributed by atoms with E-state index in [0.29, 0.717) is 18.0 Å². The van der Waals surface area contributed by atoms with Crippen molar-refractivity contribution in [3.05, 3.63) is 42.2 Å². The number of benzene rings is 1. The summed E-state index contributed by atoms with van der Waals surface area (Å²) >= 11 is 0. The second-order valence-electron chi connectivity index (χ2n) is 5.43. The van der Waals surface area contributed by atoms with Crippen LogP contribution in [-0.2, 0) is 4.79 Å². The van der Waals surface area contributed by atoms with Crippen molar-refractivity contribution in [3.8, 4) is 11.6 Å². The molecule has 0 fully saturated rings. The Hall–Kier alpha value is -2.89. The fourth-order valence-electron chi connectivity index (χ4n) is 2.70. The monoisotopic (exact) mass is 294 g/mol. The average Bonchev–Trinajstić information content (AvgIpc) is 3.15. The normalized spacial score (nSPS) is 18.3. The number of furan rings is 1. The lowest BCUT2D eigenvalue weighted by atomic mass is 9.94. The van der Waals surface area contributed by atoms with Crippen LogP contribution in [0.15, 0.2) is 46.1 Å². The molecule has 22 heavy (non-hydrogen) atoms. The first-order chi connectivity index (χ1) is 10.7. The van der Waals surface area contributed by atoms with Crippen molar-refractivity contribution in [1.29, 1.82) is 0 Å². The molecule has 0 aliphatic carbocycles. The number of carbonyl (C=O) groups is 1. The number of hydrogen-bond acceptors (Lipinski definition) is 4. The van der Waals surface area contributed by atoms with Crippen LogP contribution in [0.25, 0.3) is 22.6 Å². The zero-order valence-corrected chi connectivity index (χ0v) is 12.0. The highest BCUT2D eigenvalue weighted by Gasteiger charge is 2.22. The van der Waals surface area contributed by atoms with E-state index in [1.54, 1.807) is 6.26 Å². The van der Waals surface area contributed by atoms with Crippen LogP contribution >= 0.6 is 0 Å². The molecule has 0 radical (unpaired) electrons. The number of nitrogens with zero attached hydrogens (tertiary/aromatic N) is 2. The summed E-state index contributed by atoms with van der Waals surface area (Å²) in [5.74, 6) is 1.45. The number of hydrazone groups is 1. The molecular weight excluding hydrogens is 280 g/mol. The van der Waals surface area contributed by atoms with Crippen molar-refractivity contribution < 1.29 is 9.21 Å². The van der Waals surface area contributed by atoms with Gasteiger partial charge in [-0.05, 0) is 24.3 Å². The fourth-order valence-corrected chi connectivity index (χ4v) is 2.70. The molecule has 4 rings (SSSR count). The van der Waals surface area contributed by atoms with E-state index >= 15 is 0 Å². The van der Waals surface area contributed by atoms with Gasteiger partial charge in [0.25, 0.3) is 0 Å². The molecule has 1 aromatic carbocycles. The van der Waals surface area contributed by atoms with Crippen LogP contribution in [0.5, 0.6) is 0 Å². The van der Waals surface area contributed by atoms with Gasteiger partial charge in [-0.3, -0.25) is 4.79 Å². The molecule has 3 aromatic rings. The Kier molecular flexibility index (Phi) is 2.82. The van der Waals surface area contributed by atoms with Gasteiger partial charge in [-0.1, -0.05) is 13.0 Å². The zero-order chi connectivity index (χ0) is 15.1. The molecule has 0 bridgehead atoms. The third kappa shape index (κ3) is 2.09. The van der Waals surface area contributed by atoms with Crippen molar-refractivity contribution in [2.75, 3.05) is 0 Å². The van der Waals surface area contributed by atoms with E-state index in [1.165, 1.54) is 0 Å². The van der Waals surface area contributed by atoms with Gasteiger partial charge in [-0.15, -0.1) is 0 Å². The number of nitrogens with one attached hydrogen (secondary N) is 2. The summed E-state index contributed by atoms with van der Waals surface area (Å²) in [4.78, 5) is 19.1. The number of imidazole rings is 1. The molecule has 0 saturated carbocycles. The third-order valence-electron chi connectivity index (χ3n) is 3.79. The quantitative estimate of drug-likeness (QED) is 0.762. The highest BCUT2D eigenvalue weighted by molar-refractivity contribution is 6.07. The molecule has 3 heterocycles. The summed E-state index contributed by atoms with van der Waals surface area (Å²) < 4.78 is 5.36. The maximum atomic E-state index is 11.4. The average molecular weight is 294 g/mol. The van der Waals surface area contributed by atoms with Gasteiger partial charge >= 0.3 is 0 Å². The van der Waals surface area contributed by atoms with E-state index in [2.05, 4.69) is 20.5 Å². The highest BCUT2D eigenvalue weighted by atomic mass is 16.3. The summed E-state index contributed by atoms with van der Waals surface area (Å²) in [5.41, 5.74) is 6.17. The van der Waals surface area contributed by atoms with Crippen molar-refractivity contribution in [2.24, 2.45) is 11.0 Å². The summed E-state index contributed by atoms with van der Waals surface area (Å²) in [5, 5.41) is 4.19. The molecule has 1 atom stereocenters. The highest BCUT2D eigenvalue weighted by Crippen LogP contribution is 2.24. The predicted molar refractivity (Wildman–Crippen MR) is 82.3 cm³/mol. The minimum Gasteiger partial charge on any atom is -0.461 e. The van der Waals surface area contributed by atoms with E-state index < -0.39 is 0 Å². The molecule has 2 N–H and O–H groups in total. The van der Waals surface area contributed by atoms with E-state index in [4.69, 9.17) is 4.42 Å². The van der Waals surface area contributed by atoms with Crippen LogP contribution in [0, 0.1) is 5.92 Å². The fraction of sp³-hybridized carbons (Fsp3) is 0.188. The number of carbonyl (C=O) groups excluding carboxylic acids is 1. The molecule has 6 heteroatoms. The molecule has 0 spiro atoms. The lowest BCUT2D eigenvalue weighted by Crippen LogP contribution is -2.31. The molecule has 1 aliphatic rings. The standard InChI is InChI=1S/C16H14N4O2/c1-9-7-14(21)19-20-15(9)10-4-5-11-12(8-10)18-16(17-11)13-3-2-6-22-13/h2-6,8-9H,7H2,1H3,(H,17,18)(H,19,21). The number of hydrogen-bond donors (Lipinski definition) is 2. The largest absolute Gasteiger partial charge is 0.461 e. The third-order valence-corrected chi connectivity index (χ3v) is 3.79. The van der Waals surface area contributed by atoms with E-state index in [0.717, 1.165) is 22.3 Å². The van der Waals surface area contributed by atoms with Crippen molar-refractivity contribution in [3.63, 3.8) is 0 Å².